The van der Waals surface area contributed by atoms with Crippen molar-refractivity contribution in [3.05, 3.63) is 101 Å². The number of hydrogen-bond donors (Lipinski definition) is 1. The van der Waals surface area contributed by atoms with E-state index in [1.165, 1.54) is 16.7 Å². The number of rotatable bonds is 6. The molecule has 0 saturated carbocycles. The Morgan fingerprint density at radius 3 is 2.44 bits per heavy atom. The summed E-state index contributed by atoms with van der Waals surface area (Å²) < 4.78 is 0. The minimum Gasteiger partial charge on any atom is -0.345 e. The van der Waals surface area contributed by atoms with Crippen molar-refractivity contribution in [2.45, 2.75) is 37.5 Å². The van der Waals surface area contributed by atoms with Crippen LogP contribution in [0.2, 0.25) is 0 Å². The van der Waals surface area contributed by atoms with Gasteiger partial charge in [0.1, 0.15) is 0 Å². The van der Waals surface area contributed by atoms with Crippen LogP contribution in [-0.2, 0) is 5.75 Å². The van der Waals surface area contributed by atoms with Crippen molar-refractivity contribution in [1.82, 2.24) is 5.32 Å². The summed E-state index contributed by atoms with van der Waals surface area (Å²) in [6.07, 6.45) is 0. The van der Waals surface area contributed by atoms with Crippen molar-refractivity contribution in [2.75, 3.05) is 0 Å². The van der Waals surface area contributed by atoms with Gasteiger partial charge in [-0.1, -0.05) is 66.2 Å². The van der Waals surface area contributed by atoms with E-state index >= 15 is 0 Å². The number of aryl methyl sites for hydroxylation is 2. The molecule has 27 heavy (non-hydrogen) atoms. The van der Waals surface area contributed by atoms with Crippen LogP contribution in [0.25, 0.3) is 0 Å². The van der Waals surface area contributed by atoms with Gasteiger partial charge in [0.25, 0.3) is 5.91 Å². The van der Waals surface area contributed by atoms with Crippen LogP contribution >= 0.6 is 11.8 Å². The molecule has 0 spiro atoms. The smallest absolute Gasteiger partial charge is 0.252 e. The van der Waals surface area contributed by atoms with E-state index in [2.05, 4.69) is 49.5 Å². The van der Waals surface area contributed by atoms with Crippen molar-refractivity contribution in [3.63, 3.8) is 0 Å². The highest BCUT2D eigenvalue weighted by Gasteiger charge is 2.16. The maximum Gasteiger partial charge on any atom is 0.252 e. The monoisotopic (exact) mass is 375 g/mol. The summed E-state index contributed by atoms with van der Waals surface area (Å²) in [4.78, 5) is 13.9. The van der Waals surface area contributed by atoms with E-state index in [9.17, 15) is 4.79 Å². The minimum atomic E-state index is -0.0374. The molecule has 0 heterocycles. The molecule has 3 aromatic carbocycles. The van der Waals surface area contributed by atoms with Crippen molar-refractivity contribution < 1.29 is 4.79 Å². The van der Waals surface area contributed by atoms with Gasteiger partial charge in [-0.15, -0.1) is 11.8 Å². The highest BCUT2D eigenvalue weighted by molar-refractivity contribution is 7.98. The van der Waals surface area contributed by atoms with Crippen molar-refractivity contribution in [3.8, 4) is 0 Å². The molecule has 0 unspecified atom stereocenters. The Hall–Kier alpha value is -2.52. The summed E-state index contributed by atoms with van der Waals surface area (Å²) in [5.41, 5.74) is 5.55. The molecule has 1 N–H and O–H groups in total. The van der Waals surface area contributed by atoms with E-state index in [0.717, 1.165) is 21.8 Å². The SMILES string of the molecule is Cc1ccc(C)c([C@@H](C)NC(=O)c2ccccc2SCc2ccccc2)c1. The maximum absolute atomic E-state index is 12.9. The fraction of sp³-hybridized carbons (Fsp3) is 0.208. The number of carbonyl (C=O) groups is 1. The topological polar surface area (TPSA) is 29.1 Å². The minimum absolute atomic E-state index is 0.0282. The van der Waals surface area contributed by atoms with Crippen LogP contribution < -0.4 is 5.32 Å². The largest absolute Gasteiger partial charge is 0.345 e. The quantitative estimate of drug-likeness (QED) is 0.528. The normalized spacial score (nSPS) is 11.8. The average Bonchev–Trinajstić information content (AvgIpc) is 2.69. The molecule has 0 bridgehead atoms. The first-order valence-corrected chi connectivity index (χ1v) is 10.2. The van der Waals surface area contributed by atoms with Crippen LogP contribution in [0.4, 0.5) is 0 Å². The summed E-state index contributed by atoms with van der Waals surface area (Å²) >= 11 is 1.70. The lowest BCUT2D eigenvalue weighted by atomic mass is 10.00. The molecule has 0 aliphatic carbocycles. The third kappa shape index (κ3) is 5.01. The molecule has 0 saturated heterocycles. The Balaban J connectivity index is 1.74. The number of benzene rings is 3. The van der Waals surface area contributed by atoms with Gasteiger partial charge in [-0.2, -0.15) is 0 Å². The Bertz CT molecular complexity index is 921. The molecule has 2 nitrogen and oxygen atoms in total. The molecule has 0 fully saturated rings. The second kappa shape index (κ2) is 8.92. The molecule has 3 aromatic rings. The van der Waals surface area contributed by atoms with Crippen LogP contribution in [0.1, 0.15) is 45.6 Å². The third-order valence-electron chi connectivity index (χ3n) is 4.62. The number of nitrogens with one attached hydrogen (secondary N) is 1. The summed E-state index contributed by atoms with van der Waals surface area (Å²) in [6.45, 7) is 6.20. The van der Waals surface area contributed by atoms with Gasteiger partial charge >= 0.3 is 0 Å². The summed E-state index contributed by atoms with van der Waals surface area (Å²) in [5, 5.41) is 3.17. The van der Waals surface area contributed by atoms with Crippen molar-refractivity contribution >= 4 is 17.7 Å². The molecule has 138 valence electrons. The lowest BCUT2D eigenvalue weighted by molar-refractivity contribution is 0.0937. The van der Waals surface area contributed by atoms with E-state index in [4.69, 9.17) is 0 Å². The zero-order chi connectivity index (χ0) is 19.2. The Kier molecular flexibility index (Phi) is 6.36. The van der Waals surface area contributed by atoms with Crippen LogP contribution in [0, 0.1) is 13.8 Å². The number of hydrogen-bond acceptors (Lipinski definition) is 2. The lowest BCUT2D eigenvalue weighted by Gasteiger charge is -2.18. The van der Waals surface area contributed by atoms with Crippen LogP contribution in [0.3, 0.4) is 0 Å². The van der Waals surface area contributed by atoms with E-state index in [1.54, 1.807) is 11.8 Å². The summed E-state index contributed by atoms with van der Waals surface area (Å²) in [6, 6.07) is 24.5. The Labute approximate surface area is 166 Å². The van der Waals surface area contributed by atoms with Gasteiger partial charge in [-0.25, -0.2) is 0 Å². The molecule has 0 radical (unpaired) electrons. The van der Waals surface area contributed by atoms with Crippen molar-refractivity contribution in [1.29, 1.82) is 0 Å². The maximum atomic E-state index is 12.9. The summed E-state index contributed by atoms with van der Waals surface area (Å²) in [7, 11) is 0. The molecule has 0 aliphatic heterocycles. The van der Waals surface area contributed by atoms with Gasteiger partial charge in [0.15, 0.2) is 0 Å². The van der Waals surface area contributed by atoms with Crippen LogP contribution in [-0.4, -0.2) is 5.91 Å². The number of thioether (sulfide) groups is 1. The molecular weight excluding hydrogens is 350 g/mol. The molecule has 3 heteroatoms. The second-order valence-electron chi connectivity index (χ2n) is 6.83. The highest BCUT2D eigenvalue weighted by atomic mass is 32.2. The van der Waals surface area contributed by atoms with Gasteiger partial charge in [-0.05, 0) is 49.6 Å². The Morgan fingerprint density at radius 1 is 0.963 bits per heavy atom. The zero-order valence-corrected chi connectivity index (χ0v) is 16.8. The molecule has 3 rings (SSSR count). The van der Waals surface area contributed by atoms with E-state index in [-0.39, 0.29) is 11.9 Å². The number of amides is 1. The first kappa shape index (κ1) is 19.2. The fourth-order valence-corrected chi connectivity index (χ4v) is 4.10. The second-order valence-corrected chi connectivity index (χ2v) is 7.84. The fourth-order valence-electron chi connectivity index (χ4n) is 3.09. The van der Waals surface area contributed by atoms with Gasteiger partial charge in [0.2, 0.25) is 0 Å². The van der Waals surface area contributed by atoms with E-state index in [1.807, 2.05) is 49.4 Å². The zero-order valence-electron chi connectivity index (χ0n) is 16.0. The first-order valence-electron chi connectivity index (χ1n) is 9.18. The molecular formula is C24H25NOS. The lowest BCUT2D eigenvalue weighted by Crippen LogP contribution is -2.27. The molecule has 0 aromatic heterocycles. The van der Waals surface area contributed by atoms with Gasteiger partial charge in [-0.3, -0.25) is 4.79 Å². The van der Waals surface area contributed by atoms with E-state index in [0.29, 0.717) is 0 Å². The molecule has 0 aliphatic rings. The first-order chi connectivity index (χ1) is 13.0. The standard InChI is InChI=1S/C24H25NOS/c1-17-13-14-18(2)22(15-17)19(3)25-24(26)21-11-7-8-12-23(21)27-16-20-9-5-4-6-10-20/h4-15,19H,16H2,1-3H3,(H,25,26)/t19-/m1/s1. The van der Waals surface area contributed by atoms with Gasteiger partial charge in [0.05, 0.1) is 11.6 Å². The van der Waals surface area contributed by atoms with Gasteiger partial charge < -0.3 is 5.32 Å². The molecule has 1 amide bonds. The van der Waals surface area contributed by atoms with E-state index < -0.39 is 0 Å². The predicted octanol–water partition coefficient (Wildman–Crippen LogP) is 6.09. The van der Waals surface area contributed by atoms with Gasteiger partial charge in [0, 0.05) is 10.6 Å². The van der Waals surface area contributed by atoms with Crippen LogP contribution in [0.5, 0.6) is 0 Å². The predicted molar refractivity (Wildman–Crippen MR) is 114 cm³/mol. The average molecular weight is 376 g/mol. The third-order valence-corrected chi connectivity index (χ3v) is 5.76. The summed E-state index contributed by atoms with van der Waals surface area (Å²) in [5.74, 6) is 0.817. The Morgan fingerprint density at radius 2 is 1.67 bits per heavy atom. The molecule has 1 atom stereocenters. The van der Waals surface area contributed by atoms with Crippen molar-refractivity contribution in [2.24, 2.45) is 0 Å². The van der Waals surface area contributed by atoms with Crippen LogP contribution in [0.15, 0.2) is 77.7 Å². The number of carbonyl (C=O) groups excluding carboxylic acids is 1. The highest BCUT2D eigenvalue weighted by Crippen LogP contribution is 2.27.